The highest BCUT2D eigenvalue weighted by Crippen LogP contribution is 2.45. The van der Waals surface area contributed by atoms with E-state index >= 15 is 0 Å². The van der Waals surface area contributed by atoms with E-state index in [1.807, 2.05) is 0 Å². The summed E-state index contributed by atoms with van der Waals surface area (Å²) < 4.78 is 43.2. The number of phenolic OH excluding ortho intramolecular Hbond substituents is 3. The van der Waals surface area contributed by atoms with Gasteiger partial charge in [0.1, 0.15) is 48.3 Å². The van der Waals surface area contributed by atoms with Crippen LogP contribution < -0.4 is 29.1 Å². The number of fused-ring (bicyclic) bond motifs is 1. The number of aromatic hydroxyl groups is 3. The highest BCUT2D eigenvalue weighted by molar-refractivity contribution is 5.92. The van der Waals surface area contributed by atoms with Crippen LogP contribution in [0.15, 0.2) is 51.9 Å². The molecule has 16 heteroatoms. The van der Waals surface area contributed by atoms with Crippen molar-refractivity contribution in [2.24, 2.45) is 0 Å². The van der Waals surface area contributed by atoms with Gasteiger partial charge in [0.2, 0.25) is 23.2 Å². The summed E-state index contributed by atoms with van der Waals surface area (Å²) in [5.74, 6) is -2.68. The molecule has 5 unspecified atom stereocenters. The monoisotopic (exact) mass is 672 g/mol. The summed E-state index contributed by atoms with van der Waals surface area (Å²) >= 11 is 0. The Bertz CT molecular complexity index is 1880. The Hall–Kier alpha value is -5.42. The molecule has 0 bridgehead atoms. The van der Waals surface area contributed by atoms with Crippen LogP contribution in [-0.2, 0) is 9.47 Å². The van der Waals surface area contributed by atoms with Gasteiger partial charge >= 0.3 is 5.97 Å². The van der Waals surface area contributed by atoms with Crippen molar-refractivity contribution in [3.8, 4) is 57.1 Å². The van der Waals surface area contributed by atoms with Crippen LogP contribution in [0.5, 0.6) is 46.0 Å². The molecule has 1 aliphatic rings. The number of carbonyl (C=O) groups is 1. The van der Waals surface area contributed by atoms with Crippen molar-refractivity contribution in [1.29, 1.82) is 0 Å². The molecule has 1 aromatic heterocycles. The highest BCUT2D eigenvalue weighted by Gasteiger charge is 2.46. The summed E-state index contributed by atoms with van der Waals surface area (Å²) in [6, 6.07) is 7.46. The lowest BCUT2D eigenvalue weighted by atomic mass is 9.99. The Balaban J connectivity index is 1.50. The molecule has 1 fully saturated rings. The maximum atomic E-state index is 14.0. The van der Waals surface area contributed by atoms with E-state index in [-0.39, 0.29) is 62.2 Å². The minimum Gasteiger partial charge on any atom is -0.504 e. The van der Waals surface area contributed by atoms with Crippen LogP contribution in [0.25, 0.3) is 22.1 Å². The number of hydrogen-bond donors (Lipinski definition) is 6. The molecule has 0 radical (unpaired) electrons. The van der Waals surface area contributed by atoms with Gasteiger partial charge in [-0.05, 0) is 35.9 Å². The van der Waals surface area contributed by atoms with Crippen LogP contribution in [0.1, 0.15) is 10.4 Å². The standard InChI is InChI=1S/C32H32O16/c1-41-19-8-13(5-6-16(19)33)31(40)46-12-22-25(37)26(38)27(39)32(47-22)48-30-23-20(10-18(35)29(30)44-4)45-11-15(24(23)36)14-7-17(34)28(43-3)21(9-14)42-2/h5-11,22,25-27,32-35,37-39H,12H2,1-4H3. The lowest BCUT2D eigenvalue weighted by Gasteiger charge is -2.40. The zero-order chi connectivity index (χ0) is 34.9. The van der Waals surface area contributed by atoms with Crippen LogP contribution in [0.2, 0.25) is 0 Å². The van der Waals surface area contributed by atoms with Gasteiger partial charge in [-0.25, -0.2) is 4.79 Å². The maximum Gasteiger partial charge on any atom is 0.338 e. The average molecular weight is 673 g/mol. The molecule has 48 heavy (non-hydrogen) atoms. The normalized spacial score (nSPS) is 20.6. The molecule has 256 valence electrons. The van der Waals surface area contributed by atoms with E-state index in [9.17, 15) is 40.2 Å². The first-order chi connectivity index (χ1) is 22.9. The van der Waals surface area contributed by atoms with Crippen LogP contribution in [0, 0.1) is 0 Å². The van der Waals surface area contributed by atoms with Crippen LogP contribution >= 0.6 is 0 Å². The van der Waals surface area contributed by atoms with E-state index < -0.39 is 60.2 Å². The molecule has 6 N–H and O–H groups in total. The fourth-order valence-corrected chi connectivity index (χ4v) is 5.14. The Kier molecular flexibility index (Phi) is 9.72. The number of ether oxygens (including phenoxy) is 7. The van der Waals surface area contributed by atoms with Gasteiger partial charge in [0.25, 0.3) is 0 Å². The molecule has 16 nitrogen and oxygen atoms in total. The average Bonchev–Trinajstić information content (AvgIpc) is 3.07. The van der Waals surface area contributed by atoms with Gasteiger partial charge in [0.05, 0.1) is 39.6 Å². The minimum atomic E-state index is -1.92. The van der Waals surface area contributed by atoms with Crippen LogP contribution in [-0.4, -0.2) is 102 Å². The first kappa shape index (κ1) is 33.9. The van der Waals surface area contributed by atoms with Crippen molar-refractivity contribution >= 4 is 16.9 Å². The summed E-state index contributed by atoms with van der Waals surface area (Å²) in [4.78, 5) is 26.7. The summed E-state index contributed by atoms with van der Waals surface area (Å²) in [6.45, 7) is -0.639. The van der Waals surface area contributed by atoms with Gasteiger partial charge in [0, 0.05) is 6.07 Å². The molecular weight excluding hydrogens is 640 g/mol. The van der Waals surface area contributed by atoms with Crippen molar-refractivity contribution < 1.29 is 73.0 Å². The lowest BCUT2D eigenvalue weighted by Crippen LogP contribution is -2.60. The van der Waals surface area contributed by atoms with E-state index in [1.165, 1.54) is 58.8 Å². The molecule has 0 saturated carbocycles. The molecule has 5 rings (SSSR count). The summed E-state index contributed by atoms with van der Waals surface area (Å²) in [5.41, 5.74) is -0.865. The van der Waals surface area contributed by atoms with Crippen molar-refractivity contribution in [1.82, 2.24) is 0 Å². The van der Waals surface area contributed by atoms with Crippen molar-refractivity contribution in [3.05, 3.63) is 58.4 Å². The van der Waals surface area contributed by atoms with Crippen molar-refractivity contribution in [3.63, 3.8) is 0 Å². The predicted molar refractivity (Wildman–Crippen MR) is 163 cm³/mol. The Morgan fingerprint density at radius 3 is 2.12 bits per heavy atom. The zero-order valence-corrected chi connectivity index (χ0v) is 25.9. The fourth-order valence-electron chi connectivity index (χ4n) is 5.14. The summed E-state index contributed by atoms with van der Waals surface area (Å²) in [5, 5.41) is 62.7. The minimum absolute atomic E-state index is 0.00765. The molecule has 1 aliphatic heterocycles. The third kappa shape index (κ3) is 6.16. The van der Waals surface area contributed by atoms with Crippen LogP contribution in [0.4, 0.5) is 0 Å². The second-order valence-corrected chi connectivity index (χ2v) is 10.5. The van der Waals surface area contributed by atoms with Gasteiger partial charge in [-0.1, -0.05) is 0 Å². The quantitative estimate of drug-likeness (QED) is 0.131. The van der Waals surface area contributed by atoms with Gasteiger partial charge in [-0.2, -0.15) is 0 Å². The van der Waals surface area contributed by atoms with E-state index in [2.05, 4.69) is 0 Å². The number of benzene rings is 3. The summed E-state index contributed by atoms with van der Waals surface area (Å²) in [7, 11) is 5.12. The number of methoxy groups -OCH3 is 4. The smallest absolute Gasteiger partial charge is 0.338 e. The SMILES string of the molecule is COc1cc(C(=O)OCC2OC(Oc3c(OC)c(O)cc4occ(-c5cc(O)c(OC)c(OC)c5)c(=O)c34)C(O)C(O)C2O)ccc1O. The number of rotatable bonds is 10. The third-order valence-corrected chi connectivity index (χ3v) is 7.63. The molecular formula is C32H32O16. The van der Waals surface area contributed by atoms with Crippen molar-refractivity contribution in [2.45, 2.75) is 30.7 Å². The predicted octanol–water partition coefficient (Wildman–Crippen LogP) is 1.65. The zero-order valence-electron chi connectivity index (χ0n) is 25.9. The molecule has 1 saturated heterocycles. The molecule has 0 spiro atoms. The van der Waals surface area contributed by atoms with E-state index in [4.69, 9.17) is 37.6 Å². The number of esters is 1. The second kappa shape index (κ2) is 13.7. The second-order valence-electron chi connectivity index (χ2n) is 10.5. The first-order valence-electron chi connectivity index (χ1n) is 14.1. The Labute approximate surface area is 271 Å². The lowest BCUT2D eigenvalue weighted by molar-refractivity contribution is -0.277. The number of aliphatic hydroxyl groups excluding tert-OH is 3. The van der Waals surface area contributed by atoms with Crippen LogP contribution in [0.3, 0.4) is 0 Å². The van der Waals surface area contributed by atoms with Gasteiger partial charge < -0.3 is 68.2 Å². The van der Waals surface area contributed by atoms with Gasteiger partial charge in [-0.15, -0.1) is 0 Å². The molecule has 2 heterocycles. The maximum absolute atomic E-state index is 14.0. The summed E-state index contributed by atoms with van der Waals surface area (Å²) in [6.07, 6.45) is -7.79. The topological polar surface area (TPSA) is 233 Å². The Morgan fingerprint density at radius 2 is 1.46 bits per heavy atom. The number of aliphatic hydroxyl groups is 3. The molecule has 4 aromatic rings. The first-order valence-corrected chi connectivity index (χ1v) is 14.1. The van der Waals surface area contributed by atoms with E-state index in [1.54, 1.807) is 0 Å². The van der Waals surface area contributed by atoms with Crippen molar-refractivity contribution in [2.75, 3.05) is 35.0 Å². The van der Waals surface area contributed by atoms with Gasteiger partial charge in [0.15, 0.2) is 34.5 Å². The fraction of sp³-hybridized carbons (Fsp3) is 0.312. The molecule has 5 atom stereocenters. The largest absolute Gasteiger partial charge is 0.504 e. The number of hydrogen-bond acceptors (Lipinski definition) is 16. The number of carbonyl (C=O) groups excluding carboxylic acids is 1. The van der Waals surface area contributed by atoms with Gasteiger partial charge in [-0.3, -0.25) is 4.79 Å². The third-order valence-electron chi connectivity index (χ3n) is 7.63. The number of phenols is 3. The molecule has 3 aromatic carbocycles. The highest BCUT2D eigenvalue weighted by atomic mass is 16.7. The Morgan fingerprint density at radius 1 is 0.771 bits per heavy atom. The van der Waals surface area contributed by atoms with E-state index in [0.29, 0.717) is 0 Å². The van der Waals surface area contributed by atoms with E-state index in [0.717, 1.165) is 12.3 Å². The molecule has 0 amide bonds. The molecule has 0 aliphatic carbocycles.